The Kier molecular flexibility index (Phi) is 7.96. The van der Waals surface area contributed by atoms with E-state index in [1.165, 1.54) is 44.1 Å². The largest absolute Gasteiger partial charge is 0.320 e. The van der Waals surface area contributed by atoms with Crippen molar-refractivity contribution in [1.29, 1.82) is 0 Å². The van der Waals surface area contributed by atoms with Crippen LogP contribution in [0.4, 0.5) is 5.95 Å². The summed E-state index contributed by atoms with van der Waals surface area (Å²) < 4.78 is 2.27. The van der Waals surface area contributed by atoms with E-state index in [-0.39, 0.29) is 23.4 Å². The molecule has 6 nitrogen and oxygen atoms in total. The van der Waals surface area contributed by atoms with Gasteiger partial charge in [-0.1, -0.05) is 88.4 Å². The standard InChI is InChI=1S/C31H43N5O/c1-3-23(2)28(32)29(37)34-30-33-26-15-9-10-16-27(26)36(30)25-17-21-35(22-18-25)31(19-11-4-5-12-20-31)24-13-7-6-8-14-24/h6-10,13-16,23,25,28H,3-5,11-12,17-22,32H2,1-2H3,(H,33,34,37)/t23-,28-/m0/s1. The number of benzene rings is 2. The molecule has 2 fully saturated rings. The number of aromatic nitrogens is 2. The maximum absolute atomic E-state index is 13.0. The van der Waals surface area contributed by atoms with E-state index in [0.717, 1.165) is 43.4 Å². The molecule has 1 saturated heterocycles. The van der Waals surface area contributed by atoms with Crippen molar-refractivity contribution in [3.8, 4) is 0 Å². The zero-order valence-corrected chi connectivity index (χ0v) is 22.5. The average Bonchev–Trinajstić information content (AvgIpc) is 3.12. The lowest BCUT2D eigenvalue weighted by Gasteiger charge is -2.48. The number of anilines is 1. The van der Waals surface area contributed by atoms with Crippen LogP contribution in [-0.2, 0) is 10.3 Å². The predicted octanol–water partition coefficient (Wildman–Crippen LogP) is 6.23. The second-order valence-corrected chi connectivity index (χ2v) is 11.2. The molecule has 5 rings (SSSR count). The SMILES string of the molecule is CC[C@H](C)[C@H](N)C(=O)Nc1nc2ccccc2n1C1CCN(C2(c3ccccc3)CCCCCC2)CC1. The number of carbonyl (C=O) groups excluding carboxylic acids is 1. The van der Waals surface area contributed by atoms with E-state index in [9.17, 15) is 4.79 Å². The van der Waals surface area contributed by atoms with Crippen molar-refractivity contribution in [1.82, 2.24) is 14.5 Å². The van der Waals surface area contributed by atoms with E-state index in [0.29, 0.717) is 5.95 Å². The predicted molar refractivity (Wildman–Crippen MR) is 151 cm³/mol. The highest BCUT2D eigenvalue weighted by Crippen LogP contribution is 2.44. The van der Waals surface area contributed by atoms with Gasteiger partial charge in [0, 0.05) is 24.7 Å². The van der Waals surface area contributed by atoms with Gasteiger partial charge in [0.25, 0.3) is 0 Å². The summed E-state index contributed by atoms with van der Waals surface area (Å²) in [7, 11) is 0. The van der Waals surface area contributed by atoms with Crippen LogP contribution in [0, 0.1) is 5.92 Å². The molecule has 1 amide bonds. The zero-order chi connectivity index (χ0) is 25.8. The molecular formula is C31H43N5O. The Balaban J connectivity index is 1.40. The first-order valence-corrected chi connectivity index (χ1v) is 14.4. The average molecular weight is 502 g/mol. The van der Waals surface area contributed by atoms with E-state index in [1.54, 1.807) is 0 Å². The molecule has 2 atom stereocenters. The molecular weight excluding hydrogens is 458 g/mol. The fourth-order valence-electron chi connectivity index (χ4n) is 6.61. The van der Waals surface area contributed by atoms with Crippen LogP contribution in [0.3, 0.4) is 0 Å². The number of likely N-dealkylation sites (tertiary alicyclic amines) is 1. The monoisotopic (exact) mass is 501 g/mol. The van der Waals surface area contributed by atoms with Gasteiger partial charge < -0.3 is 10.3 Å². The van der Waals surface area contributed by atoms with E-state index >= 15 is 0 Å². The summed E-state index contributed by atoms with van der Waals surface area (Å²) in [6.45, 7) is 6.19. The van der Waals surface area contributed by atoms with Gasteiger partial charge in [0.05, 0.1) is 17.1 Å². The highest BCUT2D eigenvalue weighted by molar-refractivity contribution is 5.95. The van der Waals surface area contributed by atoms with Gasteiger partial charge in [-0.2, -0.15) is 0 Å². The maximum Gasteiger partial charge on any atom is 0.243 e. The fraction of sp³-hybridized carbons (Fsp3) is 0.548. The van der Waals surface area contributed by atoms with E-state index in [1.807, 2.05) is 19.1 Å². The van der Waals surface area contributed by atoms with Gasteiger partial charge in [-0.3, -0.25) is 15.0 Å². The van der Waals surface area contributed by atoms with Crippen LogP contribution in [0.15, 0.2) is 54.6 Å². The second-order valence-electron chi connectivity index (χ2n) is 11.2. The number of nitrogens with two attached hydrogens (primary N) is 1. The Morgan fingerprint density at radius 3 is 2.35 bits per heavy atom. The third-order valence-electron chi connectivity index (χ3n) is 9.07. The molecule has 1 saturated carbocycles. The number of fused-ring (bicyclic) bond motifs is 1. The minimum absolute atomic E-state index is 0.120. The molecule has 0 radical (unpaired) electrons. The number of hydrogen-bond acceptors (Lipinski definition) is 4. The summed E-state index contributed by atoms with van der Waals surface area (Å²) in [4.78, 5) is 20.6. The van der Waals surface area contributed by atoms with Crippen molar-refractivity contribution >= 4 is 22.9 Å². The number of amides is 1. The molecule has 2 heterocycles. The second kappa shape index (κ2) is 11.4. The van der Waals surface area contributed by atoms with Crippen molar-refractivity contribution in [2.45, 2.75) is 89.3 Å². The number of nitrogens with one attached hydrogen (secondary N) is 1. The molecule has 0 spiro atoms. The summed E-state index contributed by atoms with van der Waals surface area (Å²) in [5, 5.41) is 3.10. The van der Waals surface area contributed by atoms with Crippen molar-refractivity contribution in [2.75, 3.05) is 18.4 Å². The number of piperidine rings is 1. The molecule has 0 bridgehead atoms. The molecule has 3 aromatic rings. The highest BCUT2D eigenvalue weighted by Gasteiger charge is 2.40. The molecule has 0 unspecified atom stereocenters. The van der Waals surface area contributed by atoms with Crippen LogP contribution in [0.2, 0.25) is 0 Å². The minimum atomic E-state index is -0.541. The quantitative estimate of drug-likeness (QED) is 0.376. The van der Waals surface area contributed by atoms with Gasteiger partial charge in [-0.15, -0.1) is 0 Å². The van der Waals surface area contributed by atoms with Gasteiger partial charge in [0.1, 0.15) is 0 Å². The summed E-state index contributed by atoms with van der Waals surface area (Å²) in [5.74, 6) is 0.607. The summed E-state index contributed by atoms with van der Waals surface area (Å²) in [6.07, 6.45) is 10.7. The van der Waals surface area contributed by atoms with Gasteiger partial charge in [0.15, 0.2) is 0 Å². The molecule has 2 aliphatic rings. The highest BCUT2D eigenvalue weighted by atomic mass is 16.2. The minimum Gasteiger partial charge on any atom is -0.320 e. The van der Waals surface area contributed by atoms with Crippen molar-refractivity contribution in [2.24, 2.45) is 11.7 Å². The van der Waals surface area contributed by atoms with Gasteiger partial charge >= 0.3 is 0 Å². The molecule has 1 aromatic heterocycles. The van der Waals surface area contributed by atoms with E-state index in [2.05, 4.69) is 64.2 Å². The number of carbonyl (C=O) groups is 1. The lowest BCUT2D eigenvalue weighted by atomic mass is 9.79. The van der Waals surface area contributed by atoms with Crippen molar-refractivity contribution in [3.63, 3.8) is 0 Å². The molecule has 6 heteroatoms. The number of rotatable bonds is 7. The van der Waals surface area contributed by atoms with Crippen LogP contribution in [0.25, 0.3) is 11.0 Å². The Morgan fingerprint density at radius 1 is 1.03 bits per heavy atom. The Bertz CT molecular complexity index is 1170. The third kappa shape index (κ3) is 5.19. The summed E-state index contributed by atoms with van der Waals surface area (Å²) >= 11 is 0. The van der Waals surface area contributed by atoms with Crippen LogP contribution in [0.1, 0.15) is 83.2 Å². The number of hydrogen-bond donors (Lipinski definition) is 2. The third-order valence-corrected chi connectivity index (χ3v) is 9.07. The number of nitrogens with zero attached hydrogens (tertiary/aromatic N) is 3. The molecule has 2 aromatic carbocycles. The molecule has 3 N–H and O–H groups in total. The molecule has 37 heavy (non-hydrogen) atoms. The Morgan fingerprint density at radius 2 is 1.68 bits per heavy atom. The smallest absolute Gasteiger partial charge is 0.243 e. The topological polar surface area (TPSA) is 76.2 Å². The Labute approximate surface area is 221 Å². The maximum atomic E-state index is 13.0. The van der Waals surface area contributed by atoms with Crippen LogP contribution >= 0.6 is 0 Å². The zero-order valence-electron chi connectivity index (χ0n) is 22.5. The molecule has 1 aliphatic carbocycles. The Hall–Kier alpha value is -2.70. The van der Waals surface area contributed by atoms with Crippen molar-refractivity contribution in [3.05, 3.63) is 60.2 Å². The first-order chi connectivity index (χ1) is 18.0. The fourth-order valence-corrected chi connectivity index (χ4v) is 6.61. The molecule has 1 aliphatic heterocycles. The lowest BCUT2D eigenvalue weighted by Crippen LogP contribution is -2.50. The summed E-state index contributed by atoms with van der Waals surface area (Å²) in [6, 6.07) is 19.2. The number of imidazole rings is 1. The lowest BCUT2D eigenvalue weighted by molar-refractivity contribution is -0.118. The normalized spacial score (nSPS) is 20.8. The number of para-hydroxylation sites is 2. The van der Waals surface area contributed by atoms with Crippen molar-refractivity contribution < 1.29 is 4.79 Å². The van der Waals surface area contributed by atoms with Crippen LogP contribution < -0.4 is 11.1 Å². The van der Waals surface area contributed by atoms with Crippen LogP contribution in [-0.4, -0.2) is 39.5 Å². The van der Waals surface area contributed by atoms with E-state index in [4.69, 9.17) is 10.7 Å². The molecule has 198 valence electrons. The first kappa shape index (κ1) is 25.9. The van der Waals surface area contributed by atoms with Gasteiger partial charge in [-0.25, -0.2) is 4.98 Å². The first-order valence-electron chi connectivity index (χ1n) is 14.4. The summed E-state index contributed by atoms with van der Waals surface area (Å²) in [5.41, 5.74) is 9.89. The van der Waals surface area contributed by atoms with Gasteiger partial charge in [-0.05, 0) is 49.3 Å². The van der Waals surface area contributed by atoms with E-state index < -0.39 is 6.04 Å². The van der Waals surface area contributed by atoms with Gasteiger partial charge in [0.2, 0.25) is 11.9 Å². The van der Waals surface area contributed by atoms with Crippen LogP contribution in [0.5, 0.6) is 0 Å².